The minimum Gasteiger partial charge on any atom is -0.397 e. The van der Waals surface area contributed by atoms with Crippen molar-refractivity contribution in [2.45, 2.75) is 0 Å². The van der Waals surface area contributed by atoms with E-state index in [9.17, 15) is 12.8 Å². The van der Waals surface area contributed by atoms with Crippen LogP contribution in [0, 0.1) is 5.82 Å². The Morgan fingerprint density at radius 2 is 2.06 bits per heavy atom. The summed E-state index contributed by atoms with van der Waals surface area (Å²) in [7, 11) is -1.32. The van der Waals surface area contributed by atoms with E-state index in [1.54, 1.807) is 11.9 Å². The zero-order valence-corrected chi connectivity index (χ0v) is 12.0. The van der Waals surface area contributed by atoms with Gasteiger partial charge in [0.25, 0.3) is 0 Å². The van der Waals surface area contributed by atoms with Crippen LogP contribution in [-0.2, 0) is 9.84 Å². The summed E-state index contributed by atoms with van der Waals surface area (Å²) in [6, 6.07) is 2.74. The van der Waals surface area contributed by atoms with Crippen LogP contribution in [0.5, 0.6) is 0 Å². The molecule has 0 spiro atoms. The molecule has 1 aromatic rings. The molecule has 0 heterocycles. The van der Waals surface area contributed by atoms with E-state index in [0.717, 1.165) is 0 Å². The van der Waals surface area contributed by atoms with Gasteiger partial charge in [-0.25, -0.2) is 12.8 Å². The molecular weight excluding hydrogens is 311 g/mol. The summed E-state index contributed by atoms with van der Waals surface area (Å²) in [5.41, 5.74) is 6.56. The smallest absolute Gasteiger partial charge is 0.149 e. The van der Waals surface area contributed by atoms with Gasteiger partial charge in [-0.1, -0.05) is 0 Å². The van der Waals surface area contributed by atoms with Gasteiger partial charge >= 0.3 is 0 Å². The molecule has 0 saturated heterocycles. The van der Waals surface area contributed by atoms with E-state index in [1.165, 1.54) is 18.4 Å². The highest BCUT2D eigenvalue weighted by molar-refractivity contribution is 9.10. The van der Waals surface area contributed by atoms with Gasteiger partial charge in [0, 0.05) is 25.9 Å². The van der Waals surface area contributed by atoms with Crippen molar-refractivity contribution in [2.75, 3.05) is 36.2 Å². The van der Waals surface area contributed by atoms with Gasteiger partial charge in [0.15, 0.2) is 0 Å². The summed E-state index contributed by atoms with van der Waals surface area (Å²) >= 11 is 3.06. The lowest BCUT2D eigenvalue weighted by molar-refractivity contribution is 0.601. The van der Waals surface area contributed by atoms with Crippen LogP contribution in [0.3, 0.4) is 0 Å². The maximum atomic E-state index is 13.2. The number of nitrogen functional groups attached to an aromatic ring is 1. The van der Waals surface area contributed by atoms with Gasteiger partial charge in [-0.3, -0.25) is 0 Å². The lowest BCUT2D eigenvalue weighted by Gasteiger charge is -2.21. The Morgan fingerprint density at radius 1 is 1.47 bits per heavy atom. The fraction of sp³-hybridized carbons (Fsp3) is 0.400. The molecule has 0 aliphatic heterocycles. The first-order valence-electron chi connectivity index (χ1n) is 4.84. The van der Waals surface area contributed by atoms with Crippen molar-refractivity contribution >= 4 is 37.1 Å². The van der Waals surface area contributed by atoms with Crippen LogP contribution in [-0.4, -0.2) is 34.0 Å². The lowest BCUT2D eigenvalue weighted by atomic mass is 10.2. The summed E-state index contributed by atoms with van der Waals surface area (Å²) in [6.45, 7) is 0.307. The van der Waals surface area contributed by atoms with Gasteiger partial charge in [-0.05, 0) is 22.0 Å². The average Bonchev–Trinajstić information content (AvgIpc) is 2.19. The van der Waals surface area contributed by atoms with Crippen molar-refractivity contribution in [2.24, 2.45) is 0 Å². The molecule has 4 nitrogen and oxygen atoms in total. The molecule has 0 atom stereocenters. The van der Waals surface area contributed by atoms with Gasteiger partial charge in [0.05, 0.1) is 21.6 Å². The quantitative estimate of drug-likeness (QED) is 0.855. The largest absolute Gasteiger partial charge is 0.397 e. The molecule has 0 unspecified atom stereocenters. The van der Waals surface area contributed by atoms with Crippen molar-refractivity contribution in [3.05, 3.63) is 22.4 Å². The Hall–Kier alpha value is -0.820. The molecule has 0 radical (unpaired) electrons. The van der Waals surface area contributed by atoms with E-state index in [-0.39, 0.29) is 11.4 Å². The van der Waals surface area contributed by atoms with Gasteiger partial charge < -0.3 is 10.6 Å². The van der Waals surface area contributed by atoms with E-state index in [4.69, 9.17) is 5.73 Å². The van der Waals surface area contributed by atoms with E-state index in [0.29, 0.717) is 16.7 Å². The van der Waals surface area contributed by atoms with Crippen LogP contribution in [0.1, 0.15) is 0 Å². The van der Waals surface area contributed by atoms with E-state index in [1.807, 2.05) is 0 Å². The van der Waals surface area contributed by atoms with Crippen molar-refractivity contribution in [3.63, 3.8) is 0 Å². The number of sulfone groups is 1. The topological polar surface area (TPSA) is 63.4 Å². The predicted molar refractivity (Wildman–Crippen MR) is 71.5 cm³/mol. The Kier molecular flexibility index (Phi) is 4.37. The Morgan fingerprint density at radius 3 is 2.59 bits per heavy atom. The zero-order valence-electron chi connectivity index (χ0n) is 9.57. The molecule has 0 bridgehead atoms. The molecule has 1 aromatic carbocycles. The van der Waals surface area contributed by atoms with Crippen LogP contribution in [0.2, 0.25) is 0 Å². The number of rotatable bonds is 4. The van der Waals surface area contributed by atoms with Gasteiger partial charge in [-0.15, -0.1) is 0 Å². The number of nitrogens with two attached hydrogens (primary N) is 1. The third-order valence-electron chi connectivity index (χ3n) is 2.28. The van der Waals surface area contributed by atoms with E-state index < -0.39 is 15.7 Å². The molecule has 0 aliphatic carbocycles. The fourth-order valence-electron chi connectivity index (χ4n) is 1.31. The van der Waals surface area contributed by atoms with E-state index in [2.05, 4.69) is 15.9 Å². The normalized spacial score (nSPS) is 11.5. The van der Waals surface area contributed by atoms with Crippen molar-refractivity contribution in [3.8, 4) is 0 Å². The molecule has 0 aliphatic rings. The summed E-state index contributed by atoms with van der Waals surface area (Å²) in [4.78, 5) is 1.68. The van der Waals surface area contributed by atoms with Gasteiger partial charge in [-0.2, -0.15) is 0 Å². The minimum absolute atomic E-state index is 0.0257. The van der Waals surface area contributed by atoms with Crippen LogP contribution in [0.25, 0.3) is 0 Å². The summed E-state index contributed by atoms with van der Waals surface area (Å²) < 4.78 is 35.5. The molecule has 0 aromatic heterocycles. The van der Waals surface area contributed by atoms with Crippen molar-refractivity contribution in [1.29, 1.82) is 0 Å². The van der Waals surface area contributed by atoms with E-state index >= 15 is 0 Å². The molecule has 0 amide bonds. The lowest BCUT2D eigenvalue weighted by Crippen LogP contribution is -2.25. The first kappa shape index (κ1) is 14.2. The summed E-state index contributed by atoms with van der Waals surface area (Å²) in [6.07, 6.45) is 1.17. The van der Waals surface area contributed by atoms with Crippen molar-refractivity contribution < 1.29 is 12.8 Å². The predicted octanol–water partition coefficient (Wildman–Crippen LogP) is 1.65. The fourth-order valence-corrected chi connectivity index (χ4v) is 2.24. The molecule has 17 heavy (non-hydrogen) atoms. The second-order valence-electron chi connectivity index (χ2n) is 3.88. The third-order valence-corrected chi connectivity index (χ3v) is 3.81. The molecule has 7 heteroatoms. The van der Waals surface area contributed by atoms with Gasteiger partial charge in [0.1, 0.15) is 15.7 Å². The molecule has 0 fully saturated rings. The maximum Gasteiger partial charge on any atom is 0.149 e. The molecule has 1 rings (SSSR count). The van der Waals surface area contributed by atoms with Crippen LogP contribution >= 0.6 is 15.9 Å². The standard InChI is InChI=1S/C10H14BrFN2O2S/c1-14(3-4-17(2,15)16)10-5-7(11)8(12)6-9(10)13/h5-6H,3-4,13H2,1-2H3. The highest BCUT2D eigenvalue weighted by atomic mass is 79.9. The number of benzene rings is 1. The number of hydrogen-bond acceptors (Lipinski definition) is 4. The average molecular weight is 325 g/mol. The highest BCUT2D eigenvalue weighted by Crippen LogP contribution is 2.28. The molecule has 0 saturated carbocycles. The zero-order chi connectivity index (χ0) is 13.2. The summed E-state index contributed by atoms with van der Waals surface area (Å²) in [5, 5.41) is 0. The first-order chi connectivity index (χ1) is 7.70. The SMILES string of the molecule is CN(CCS(C)(=O)=O)c1cc(Br)c(F)cc1N. The number of halogens is 2. The number of nitrogens with zero attached hydrogens (tertiary/aromatic N) is 1. The number of anilines is 2. The highest BCUT2D eigenvalue weighted by Gasteiger charge is 2.11. The Labute approximate surface area is 109 Å². The Bertz CT molecular complexity index is 519. The van der Waals surface area contributed by atoms with Gasteiger partial charge in [0.2, 0.25) is 0 Å². The van der Waals surface area contributed by atoms with Crippen LogP contribution in [0.15, 0.2) is 16.6 Å². The summed E-state index contributed by atoms with van der Waals surface area (Å²) in [5.74, 6) is -0.416. The first-order valence-corrected chi connectivity index (χ1v) is 7.69. The monoisotopic (exact) mass is 324 g/mol. The van der Waals surface area contributed by atoms with Crippen molar-refractivity contribution in [1.82, 2.24) is 0 Å². The van der Waals surface area contributed by atoms with Crippen LogP contribution in [0.4, 0.5) is 15.8 Å². The molecule has 2 N–H and O–H groups in total. The second kappa shape index (κ2) is 5.22. The molecule has 96 valence electrons. The number of hydrogen-bond donors (Lipinski definition) is 1. The maximum absolute atomic E-state index is 13.2. The molecular formula is C10H14BrFN2O2S. The second-order valence-corrected chi connectivity index (χ2v) is 6.99. The third kappa shape index (κ3) is 4.16. The van der Waals surface area contributed by atoms with Crippen LogP contribution < -0.4 is 10.6 Å². The minimum atomic E-state index is -3.03. The Balaban J connectivity index is 2.89.